The van der Waals surface area contributed by atoms with Crippen LogP contribution < -0.4 is 0 Å². The predicted octanol–water partition coefficient (Wildman–Crippen LogP) is 1.64. The van der Waals surface area contributed by atoms with Crippen molar-refractivity contribution in [2.45, 2.75) is 52.9 Å². The largest absolute Gasteiger partial charge is 0.456 e. The summed E-state index contributed by atoms with van der Waals surface area (Å²) in [5.74, 6) is -0.859. The molecular weight excluding hydrogens is 212 g/mol. The van der Waals surface area contributed by atoms with Crippen LogP contribution in [0.3, 0.4) is 0 Å². The second-order valence-electron chi connectivity index (χ2n) is 3.37. The Labute approximate surface area is 96.1 Å². The highest BCUT2D eigenvalue weighted by atomic mass is 16.7. The molecule has 0 aliphatic rings. The first-order chi connectivity index (χ1) is 7.51. The minimum atomic E-state index is -0.814. The number of carbonyl (C=O) groups is 2. The van der Waals surface area contributed by atoms with Gasteiger partial charge in [-0.1, -0.05) is 13.3 Å². The van der Waals surface area contributed by atoms with E-state index in [1.54, 1.807) is 6.92 Å². The minimum absolute atomic E-state index is 0.388. The number of esters is 2. The molecule has 0 fully saturated rings. The van der Waals surface area contributed by atoms with Gasteiger partial charge in [0.15, 0.2) is 6.10 Å². The maximum atomic E-state index is 10.9. The zero-order valence-electron chi connectivity index (χ0n) is 10.3. The standard InChI is InChI=1S/C11H20O5/c1-5-7-10(15-8(3)12)11(14-6-2)16-9(4)13/h10-11H,5-7H2,1-4H3. The molecule has 0 saturated heterocycles. The summed E-state index contributed by atoms with van der Waals surface area (Å²) in [6, 6.07) is 0. The molecule has 0 heterocycles. The van der Waals surface area contributed by atoms with Crippen molar-refractivity contribution in [2.24, 2.45) is 0 Å². The predicted molar refractivity (Wildman–Crippen MR) is 57.6 cm³/mol. The average Bonchev–Trinajstić information content (AvgIpc) is 2.15. The molecule has 0 amide bonds. The van der Waals surface area contributed by atoms with Gasteiger partial charge in [0.1, 0.15) is 0 Å². The van der Waals surface area contributed by atoms with E-state index in [1.165, 1.54) is 13.8 Å². The summed E-state index contributed by atoms with van der Waals surface area (Å²) in [5.41, 5.74) is 0. The van der Waals surface area contributed by atoms with Crippen molar-refractivity contribution in [3.63, 3.8) is 0 Å². The van der Waals surface area contributed by atoms with Crippen molar-refractivity contribution in [1.29, 1.82) is 0 Å². The van der Waals surface area contributed by atoms with E-state index < -0.39 is 24.3 Å². The Kier molecular flexibility index (Phi) is 7.54. The van der Waals surface area contributed by atoms with Crippen molar-refractivity contribution in [1.82, 2.24) is 0 Å². The third-order valence-electron chi connectivity index (χ3n) is 1.81. The summed E-state index contributed by atoms with van der Waals surface area (Å²) in [6.45, 7) is 6.74. The smallest absolute Gasteiger partial charge is 0.305 e. The lowest BCUT2D eigenvalue weighted by atomic mass is 10.2. The lowest BCUT2D eigenvalue weighted by molar-refractivity contribution is -0.210. The third-order valence-corrected chi connectivity index (χ3v) is 1.81. The van der Waals surface area contributed by atoms with Crippen LogP contribution in [0.2, 0.25) is 0 Å². The maximum absolute atomic E-state index is 10.9. The van der Waals surface area contributed by atoms with Gasteiger partial charge in [-0.05, 0) is 13.3 Å². The van der Waals surface area contributed by atoms with Gasteiger partial charge in [-0.25, -0.2) is 0 Å². The van der Waals surface area contributed by atoms with Gasteiger partial charge in [0.05, 0.1) is 0 Å². The van der Waals surface area contributed by atoms with Crippen LogP contribution >= 0.6 is 0 Å². The highest BCUT2D eigenvalue weighted by molar-refractivity contribution is 5.67. The Morgan fingerprint density at radius 1 is 1.06 bits per heavy atom. The van der Waals surface area contributed by atoms with Gasteiger partial charge >= 0.3 is 11.9 Å². The molecule has 0 aliphatic heterocycles. The van der Waals surface area contributed by atoms with Crippen LogP contribution in [-0.2, 0) is 23.8 Å². The van der Waals surface area contributed by atoms with Crippen molar-refractivity contribution >= 4 is 11.9 Å². The molecule has 0 spiro atoms. The third kappa shape index (κ3) is 6.40. The molecule has 2 unspecified atom stereocenters. The number of hydrogen-bond acceptors (Lipinski definition) is 5. The van der Waals surface area contributed by atoms with Crippen molar-refractivity contribution in [3.05, 3.63) is 0 Å². The molecule has 5 nitrogen and oxygen atoms in total. The fourth-order valence-corrected chi connectivity index (χ4v) is 1.29. The van der Waals surface area contributed by atoms with Crippen LogP contribution in [-0.4, -0.2) is 30.9 Å². The van der Waals surface area contributed by atoms with Gasteiger partial charge < -0.3 is 14.2 Å². The van der Waals surface area contributed by atoms with Gasteiger partial charge in [0.25, 0.3) is 0 Å². The normalized spacial score (nSPS) is 14.0. The van der Waals surface area contributed by atoms with Gasteiger partial charge in [-0.3, -0.25) is 9.59 Å². The highest BCUT2D eigenvalue weighted by Crippen LogP contribution is 2.13. The fraction of sp³-hybridized carbons (Fsp3) is 0.818. The van der Waals surface area contributed by atoms with Crippen LogP contribution in [0.1, 0.15) is 40.5 Å². The number of hydrogen-bond donors (Lipinski definition) is 0. The van der Waals surface area contributed by atoms with Crippen LogP contribution in [0.25, 0.3) is 0 Å². The summed E-state index contributed by atoms with van der Waals surface area (Å²) < 4.78 is 15.3. The molecule has 0 aromatic heterocycles. The van der Waals surface area contributed by atoms with Gasteiger partial charge in [-0.2, -0.15) is 0 Å². The van der Waals surface area contributed by atoms with E-state index in [1.807, 2.05) is 6.92 Å². The van der Waals surface area contributed by atoms with Crippen molar-refractivity contribution in [2.75, 3.05) is 6.61 Å². The summed E-state index contributed by atoms with van der Waals surface area (Å²) >= 11 is 0. The quantitative estimate of drug-likeness (QED) is 0.493. The molecular formula is C11H20O5. The van der Waals surface area contributed by atoms with E-state index in [4.69, 9.17) is 14.2 Å². The van der Waals surface area contributed by atoms with Crippen LogP contribution in [0, 0.1) is 0 Å². The number of ether oxygens (including phenoxy) is 3. The van der Waals surface area contributed by atoms with Crippen LogP contribution in [0.5, 0.6) is 0 Å². The van der Waals surface area contributed by atoms with E-state index in [9.17, 15) is 9.59 Å². The molecule has 0 aromatic carbocycles. The first kappa shape index (κ1) is 14.9. The van der Waals surface area contributed by atoms with Crippen LogP contribution in [0.15, 0.2) is 0 Å². The van der Waals surface area contributed by atoms with Gasteiger partial charge in [0, 0.05) is 20.5 Å². The molecule has 0 rings (SSSR count). The molecule has 0 radical (unpaired) electrons. The van der Waals surface area contributed by atoms with Crippen molar-refractivity contribution < 1.29 is 23.8 Å². The molecule has 94 valence electrons. The molecule has 2 atom stereocenters. The molecule has 0 saturated carbocycles. The molecule has 16 heavy (non-hydrogen) atoms. The Balaban J connectivity index is 4.49. The van der Waals surface area contributed by atoms with Crippen molar-refractivity contribution in [3.8, 4) is 0 Å². The van der Waals surface area contributed by atoms with E-state index >= 15 is 0 Å². The molecule has 5 heteroatoms. The fourth-order valence-electron chi connectivity index (χ4n) is 1.29. The Morgan fingerprint density at radius 3 is 2.00 bits per heavy atom. The van der Waals surface area contributed by atoms with E-state index in [2.05, 4.69) is 0 Å². The molecule has 0 aromatic rings. The first-order valence-corrected chi connectivity index (χ1v) is 5.47. The lowest BCUT2D eigenvalue weighted by Gasteiger charge is -2.25. The average molecular weight is 232 g/mol. The number of carbonyl (C=O) groups excluding carboxylic acids is 2. The Morgan fingerprint density at radius 2 is 1.62 bits per heavy atom. The highest BCUT2D eigenvalue weighted by Gasteiger charge is 2.26. The van der Waals surface area contributed by atoms with Gasteiger partial charge in [-0.15, -0.1) is 0 Å². The summed E-state index contributed by atoms with van der Waals surface area (Å²) in [5, 5.41) is 0. The summed E-state index contributed by atoms with van der Waals surface area (Å²) in [7, 11) is 0. The van der Waals surface area contributed by atoms with Crippen LogP contribution in [0.4, 0.5) is 0 Å². The summed E-state index contributed by atoms with van der Waals surface area (Å²) in [4.78, 5) is 21.8. The molecule has 0 aliphatic carbocycles. The van der Waals surface area contributed by atoms with E-state index in [-0.39, 0.29) is 0 Å². The minimum Gasteiger partial charge on any atom is -0.456 e. The second kappa shape index (κ2) is 8.10. The maximum Gasteiger partial charge on any atom is 0.305 e. The lowest BCUT2D eigenvalue weighted by Crippen LogP contribution is -2.36. The topological polar surface area (TPSA) is 61.8 Å². The molecule has 0 bridgehead atoms. The molecule has 0 N–H and O–H groups in total. The van der Waals surface area contributed by atoms with Gasteiger partial charge in [0.2, 0.25) is 6.29 Å². The second-order valence-corrected chi connectivity index (χ2v) is 3.37. The monoisotopic (exact) mass is 232 g/mol. The summed E-state index contributed by atoms with van der Waals surface area (Å²) in [6.07, 6.45) is 0.0537. The zero-order valence-corrected chi connectivity index (χ0v) is 10.3. The first-order valence-electron chi connectivity index (χ1n) is 5.47. The SMILES string of the molecule is CCCC(OC(C)=O)C(OCC)OC(C)=O. The zero-order chi connectivity index (χ0) is 12.6. The van der Waals surface area contributed by atoms with E-state index in [0.29, 0.717) is 13.0 Å². The number of rotatable bonds is 7. The Hall–Kier alpha value is -1.10. The van der Waals surface area contributed by atoms with E-state index in [0.717, 1.165) is 6.42 Å². The Bertz CT molecular complexity index is 202.